The van der Waals surface area contributed by atoms with Crippen LogP contribution in [0.5, 0.6) is 5.75 Å². The van der Waals surface area contributed by atoms with Gasteiger partial charge in [-0.1, -0.05) is 26.0 Å². The molecule has 2 saturated heterocycles. The normalized spacial score (nSPS) is 24.5. The van der Waals surface area contributed by atoms with Crippen molar-refractivity contribution in [2.75, 3.05) is 6.61 Å². The molecule has 2 aliphatic heterocycles. The summed E-state index contributed by atoms with van der Waals surface area (Å²) in [7, 11) is 0. The highest BCUT2D eigenvalue weighted by atomic mass is 32.2. The lowest BCUT2D eigenvalue weighted by atomic mass is 9.94. The van der Waals surface area contributed by atoms with E-state index < -0.39 is 51.9 Å². The van der Waals surface area contributed by atoms with Crippen molar-refractivity contribution in [2.45, 2.75) is 62.2 Å². The minimum absolute atomic E-state index is 0.339. The Balaban J connectivity index is 1.64. The maximum absolute atomic E-state index is 12.6. The molecule has 4 atom stereocenters. The zero-order valence-electron chi connectivity index (χ0n) is 18.4. The van der Waals surface area contributed by atoms with Crippen LogP contribution < -0.4 is 10.1 Å². The molecule has 1 aromatic carbocycles. The number of benzene rings is 1. The Morgan fingerprint density at radius 3 is 2.34 bits per heavy atom. The SMILES string of the molecule is CC(C)COc1ccc(C(CC(=O)N[C@@H]2C(=O)N3[C@@H]2SC(C)(C)[C@@H]3C(=O)O)C(=O)O)cc1. The van der Waals surface area contributed by atoms with Crippen molar-refractivity contribution in [1.82, 2.24) is 10.2 Å². The highest BCUT2D eigenvalue weighted by molar-refractivity contribution is 8.01. The largest absolute Gasteiger partial charge is 0.493 e. The van der Waals surface area contributed by atoms with E-state index >= 15 is 0 Å². The van der Waals surface area contributed by atoms with Gasteiger partial charge < -0.3 is 25.2 Å². The molecule has 32 heavy (non-hydrogen) atoms. The van der Waals surface area contributed by atoms with Crippen LogP contribution in [0.15, 0.2) is 24.3 Å². The first-order valence-corrected chi connectivity index (χ1v) is 11.3. The molecular formula is C22H28N2O7S. The van der Waals surface area contributed by atoms with Gasteiger partial charge in [0.15, 0.2) is 0 Å². The van der Waals surface area contributed by atoms with Crippen molar-refractivity contribution in [3.8, 4) is 5.75 Å². The number of carbonyl (C=O) groups is 4. The Morgan fingerprint density at radius 2 is 1.81 bits per heavy atom. The summed E-state index contributed by atoms with van der Waals surface area (Å²) in [6.45, 7) is 8.07. The first-order chi connectivity index (χ1) is 14.9. The molecular weight excluding hydrogens is 436 g/mol. The van der Waals surface area contributed by atoms with E-state index in [4.69, 9.17) is 4.74 Å². The van der Waals surface area contributed by atoms with Crippen molar-refractivity contribution in [1.29, 1.82) is 0 Å². The molecule has 1 aromatic rings. The predicted octanol–water partition coefficient (Wildman–Crippen LogP) is 1.91. The molecule has 0 saturated carbocycles. The van der Waals surface area contributed by atoms with Crippen LogP contribution in [0, 0.1) is 5.92 Å². The standard InChI is InChI=1S/C22H28N2O7S/c1-11(2)10-31-13-7-5-12(6-8-13)14(20(27)28)9-15(25)23-16-18(26)24-17(21(29)30)22(3,4)32-19(16)24/h5-8,11,14,16-17,19H,9-10H2,1-4H3,(H,23,25)(H,27,28)(H,29,30)/t14?,16-,17+,19-/m1/s1. The number of rotatable bonds is 9. The summed E-state index contributed by atoms with van der Waals surface area (Å²) in [5.74, 6) is -3.40. The third-order valence-corrected chi connectivity index (χ3v) is 7.12. The fourth-order valence-electron chi connectivity index (χ4n) is 3.97. The Bertz CT molecular complexity index is 915. The van der Waals surface area contributed by atoms with Gasteiger partial charge in [0.1, 0.15) is 23.2 Å². The Labute approximate surface area is 190 Å². The van der Waals surface area contributed by atoms with Crippen molar-refractivity contribution in [3.05, 3.63) is 29.8 Å². The molecule has 174 valence electrons. The number of β-lactam (4-membered cyclic amide) rings is 1. The molecule has 2 heterocycles. The third-order valence-electron chi connectivity index (χ3n) is 5.54. The number of ether oxygens (including phenoxy) is 1. The van der Waals surface area contributed by atoms with E-state index in [1.54, 1.807) is 38.1 Å². The van der Waals surface area contributed by atoms with Crippen molar-refractivity contribution >= 4 is 35.5 Å². The van der Waals surface area contributed by atoms with E-state index in [0.717, 1.165) is 0 Å². The number of nitrogens with zero attached hydrogens (tertiary/aromatic N) is 1. The lowest BCUT2D eigenvalue weighted by Crippen LogP contribution is -2.70. The van der Waals surface area contributed by atoms with Gasteiger partial charge in [0.05, 0.1) is 12.5 Å². The summed E-state index contributed by atoms with van der Waals surface area (Å²) < 4.78 is 4.90. The van der Waals surface area contributed by atoms with Gasteiger partial charge in [0, 0.05) is 11.2 Å². The van der Waals surface area contributed by atoms with Gasteiger partial charge in [-0.2, -0.15) is 0 Å². The van der Waals surface area contributed by atoms with Crippen LogP contribution in [0.25, 0.3) is 0 Å². The second-order valence-electron chi connectivity index (χ2n) is 9.01. The van der Waals surface area contributed by atoms with Gasteiger partial charge >= 0.3 is 11.9 Å². The average Bonchev–Trinajstić information content (AvgIpc) is 2.97. The number of carboxylic acids is 2. The summed E-state index contributed by atoms with van der Waals surface area (Å²) in [5.41, 5.74) is 0.452. The van der Waals surface area contributed by atoms with Crippen LogP contribution in [-0.2, 0) is 19.2 Å². The second kappa shape index (κ2) is 9.01. The van der Waals surface area contributed by atoms with Crippen LogP contribution in [0.2, 0.25) is 0 Å². The van der Waals surface area contributed by atoms with Crippen LogP contribution in [0.3, 0.4) is 0 Å². The Kier molecular flexibility index (Phi) is 6.73. The molecule has 0 spiro atoms. The van der Waals surface area contributed by atoms with E-state index in [1.807, 2.05) is 13.8 Å². The van der Waals surface area contributed by atoms with E-state index in [9.17, 15) is 29.4 Å². The molecule has 9 nitrogen and oxygen atoms in total. The topological polar surface area (TPSA) is 133 Å². The number of hydrogen-bond donors (Lipinski definition) is 3. The fourth-order valence-corrected chi connectivity index (χ4v) is 5.60. The number of amides is 2. The van der Waals surface area contributed by atoms with Gasteiger partial charge in [-0.05, 0) is 37.5 Å². The molecule has 3 N–H and O–H groups in total. The molecule has 2 aliphatic rings. The number of carbonyl (C=O) groups excluding carboxylic acids is 2. The van der Waals surface area contributed by atoms with Crippen LogP contribution in [-0.4, -0.2) is 67.7 Å². The lowest BCUT2D eigenvalue weighted by molar-refractivity contribution is -0.161. The number of nitrogens with one attached hydrogen (secondary N) is 1. The van der Waals surface area contributed by atoms with Crippen molar-refractivity contribution in [3.63, 3.8) is 0 Å². The number of fused-ring (bicyclic) bond motifs is 1. The van der Waals surface area contributed by atoms with Crippen LogP contribution >= 0.6 is 11.8 Å². The second-order valence-corrected chi connectivity index (χ2v) is 10.8. The van der Waals surface area contributed by atoms with Crippen molar-refractivity contribution in [2.24, 2.45) is 5.92 Å². The maximum Gasteiger partial charge on any atom is 0.327 e. The third kappa shape index (κ3) is 4.69. The smallest absolute Gasteiger partial charge is 0.327 e. The molecule has 0 bridgehead atoms. The Hall–Kier alpha value is -2.75. The fraction of sp³-hybridized carbons (Fsp3) is 0.545. The Morgan fingerprint density at radius 1 is 1.19 bits per heavy atom. The van der Waals surface area contributed by atoms with Gasteiger partial charge in [-0.3, -0.25) is 14.4 Å². The van der Waals surface area contributed by atoms with Gasteiger partial charge in [0.25, 0.3) is 0 Å². The maximum atomic E-state index is 12.6. The molecule has 2 amide bonds. The van der Waals surface area contributed by atoms with Gasteiger partial charge in [0.2, 0.25) is 11.8 Å². The molecule has 1 unspecified atom stereocenters. The molecule has 0 aromatic heterocycles. The van der Waals surface area contributed by atoms with Gasteiger partial charge in [-0.15, -0.1) is 11.8 Å². The highest BCUT2D eigenvalue weighted by Gasteiger charge is 2.64. The first kappa shape index (κ1) is 23.9. The monoisotopic (exact) mass is 464 g/mol. The average molecular weight is 465 g/mol. The van der Waals surface area contributed by atoms with E-state index in [-0.39, 0.29) is 6.42 Å². The summed E-state index contributed by atoms with van der Waals surface area (Å²) in [6.07, 6.45) is -0.339. The minimum atomic E-state index is -1.15. The van der Waals surface area contributed by atoms with E-state index in [1.165, 1.54) is 16.7 Å². The first-order valence-electron chi connectivity index (χ1n) is 10.4. The molecule has 0 radical (unpaired) electrons. The quantitative estimate of drug-likeness (QED) is 0.472. The highest BCUT2D eigenvalue weighted by Crippen LogP contribution is 2.50. The number of thioether (sulfide) groups is 1. The number of aliphatic carboxylic acids is 2. The summed E-state index contributed by atoms with van der Waals surface area (Å²) >= 11 is 1.32. The predicted molar refractivity (Wildman–Crippen MR) is 117 cm³/mol. The molecule has 10 heteroatoms. The number of hydrogen-bond acceptors (Lipinski definition) is 6. The van der Waals surface area contributed by atoms with E-state index in [0.29, 0.717) is 23.8 Å². The van der Waals surface area contributed by atoms with Crippen LogP contribution in [0.4, 0.5) is 0 Å². The summed E-state index contributed by atoms with van der Waals surface area (Å²) in [6, 6.07) is 4.73. The molecule has 2 fully saturated rings. The molecule has 3 rings (SSSR count). The molecule has 0 aliphatic carbocycles. The summed E-state index contributed by atoms with van der Waals surface area (Å²) in [5, 5.41) is 21.2. The van der Waals surface area contributed by atoms with E-state index in [2.05, 4.69) is 5.32 Å². The number of carboxylic acid groups (broad SMARTS) is 2. The van der Waals surface area contributed by atoms with Gasteiger partial charge in [-0.25, -0.2) is 4.79 Å². The zero-order chi connectivity index (χ0) is 23.8. The van der Waals surface area contributed by atoms with Crippen LogP contribution in [0.1, 0.15) is 45.6 Å². The van der Waals surface area contributed by atoms with Crippen molar-refractivity contribution < 1.29 is 34.1 Å². The zero-order valence-corrected chi connectivity index (χ0v) is 19.2. The minimum Gasteiger partial charge on any atom is -0.493 e. The summed E-state index contributed by atoms with van der Waals surface area (Å²) in [4.78, 5) is 49.8. The lowest BCUT2D eigenvalue weighted by Gasteiger charge is -2.43.